The molecule has 0 bridgehead atoms. The first kappa shape index (κ1) is 11.9. The van der Waals surface area contributed by atoms with Crippen LogP contribution in [0.25, 0.3) is 11.3 Å². The number of para-hydroxylation sites is 1. The summed E-state index contributed by atoms with van der Waals surface area (Å²) in [5, 5.41) is 12.8. The topological polar surface area (TPSA) is 67.9 Å². The van der Waals surface area contributed by atoms with E-state index in [1.54, 1.807) is 13.2 Å². The predicted octanol–water partition coefficient (Wildman–Crippen LogP) is 1.44. The summed E-state index contributed by atoms with van der Waals surface area (Å²) in [6, 6.07) is 12.3. The van der Waals surface area contributed by atoms with Crippen LogP contribution < -0.4 is 10.3 Å². The van der Waals surface area contributed by atoms with Gasteiger partial charge in [0.25, 0.3) is 5.56 Å². The number of nitriles is 1. The fraction of sp³-hybridized carbons (Fsp3) is 0.154. The van der Waals surface area contributed by atoms with E-state index in [1.165, 1.54) is 6.07 Å². The molecular formula is C13H11N3O2. The van der Waals surface area contributed by atoms with Crippen LogP contribution in [0.15, 0.2) is 41.2 Å². The van der Waals surface area contributed by atoms with E-state index in [4.69, 9.17) is 10.00 Å². The van der Waals surface area contributed by atoms with Crippen molar-refractivity contribution in [2.24, 2.45) is 0 Å². The standard InChI is InChI=1S/C13H11N3O2/c1-18-12-5-3-2-4-10(12)11-6-7-13(17)16(15-11)9-8-14/h2-7H,9H2,1H3. The zero-order valence-corrected chi connectivity index (χ0v) is 9.83. The van der Waals surface area contributed by atoms with E-state index in [1.807, 2.05) is 30.3 Å². The molecule has 0 amide bonds. The molecule has 0 radical (unpaired) electrons. The van der Waals surface area contributed by atoms with Crippen LogP contribution in [0.5, 0.6) is 5.75 Å². The quantitative estimate of drug-likeness (QED) is 0.815. The highest BCUT2D eigenvalue weighted by Gasteiger charge is 2.07. The van der Waals surface area contributed by atoms with E-state index in [0.29, 0.717) is 11.4 Å². The Morgan fingerprint density at radius 1 is 1.33 bits per heavy atom. The Kier molecular flexibility index (Phi) is 3.39. The number of rotatable bonds is 3. The molecule has 0 aliphatic rings. The van der Waals surface area contributed by atoms with Gasteiger partial charge in [0.05, 0.1) is 18.9 Å². The van der Waals surface area contributed by atoms with E-state index in [0.717, 1.165) is 10.2 Å². The molecule has 18 heavy (non-hydrogen) atoms. The fourth-order valence-corrected chi connectivity index (χ4v) is 1.63. The summed E-state index contributed by atoms with van der Waals surface area (Å²) in [4.78, 5) is 11.5. The first-order valence-electron chi connectivity index (χ1n) is 5.35. The molecule has 0 spiro atoms. The summed E-state index contributed by atoms with van der Waals surface area (Å²) in [5.74, 6) is 0.673. The number of benzene rings is 1. The molecule has 0 aliphatic heterocycles. The van der Waals surface area contributed by atoms with Crippen molar-refractivity contribution in [3.63, 3.8) is 0 Å². The Morgan fingerprint density at radius 2 is 2.11 bits per heavy atom. The van der Waals surface area contributed by atoms with Crippen LogP contribution in [0.3, 0.4) is 0 Å². The highest BCUT2D eigenvalue weighted by Crippen LogP contribution is 2.26. The molecule has 90 valence electrons. The van der Waals surface area contributed by atoms with Crippen LogP contribution in [-0.2, 0) is 6.54 Å². The van der Waals surface area contributed by atoms with E-state index in [9.17, 15) is 4.79 Å². The summed E-state index contributed by atoms with van der Waals surface area (Å²) in [6.45, 7) is -0.0676. The highest BCUT2D eigenvalue weighted by molar-refractivity contribution is 5.66. The first-order chi connectivity index (χ1) is 8.76. The second-order valence-electron chi connectivity index (χ2n) is 3.57. The molecule has 1 aromatic carbocycles. The second kappa shape index (κ2) is 5.15. The minimum atomic E-state index is -0.296. The molecule has 1 aromatic heterocycles. The van der Waals surface area contributed by atoms with E-state index in [-0.39, 0.29) is 12.1 Å². The van der Waals surface area contributed by atoms with Crippen LogP contribution >= 0.6 is 0 Å². The summed E-state index contributed by atoms with van der Waals surface area (Å²) >= 11 is 0. The minimum absolute atomic E-state index is 0.0676. The lowest BCUT2D eigenvalue weighted by molar-refractivity contribution is 0.416. The fourth-order valence-electron chi connectivity index (χ4n) is 1.63. The molecule has 5 nitrogen and oxygen atoms in total. The third-order valence-corrected chi connectivity index (χ3v) is 2.47. The second-order valence-corrected chi connectivity index (χ2v) is 3.57. The molecule has 2 rings (SSSR count). The third-order valence-electron chi connectivity index (χ3n) is 2.47. The monoisotopic (exact) mass is 241 g/mol. The SMILES string of the molecule is COc1ccccc1-c1ccc(=O)n(CC#N)n1. The molecule has 0 unspecified atom stereocenters. The van der Waals surface area contributed by atoms with Crippen molar-refractivity contribution in [3.8, 4) is 23.1 Å². The van der Waals surface area contributed by atoms with Crippen molar-refractivity contribution >= 4 is 0 Å². The number of aromatic nitrogens is 2. The number of methoxy groups -OCH3 is 1. The van der Waals surface area contributed by atoms with Crippen molar-refractivity contribution < 1.29 is 4.74 Å². The van der Waals surface area contributed by atoms with Gasteiger partial charge in [-0.2, -0.15) is 10.4 Å². The van der Waals surface area contributed by atoms with Gasteiger partial charge in [-0.25, -0.2) is 4.68 Å². The lowest BCUT2D eigenvalue weighted by Gasteiger charge is -2.08. The van der Waals surface area contributed by atoms with Crippen LogP contribution in [0.1, 0.15) is 0 Å². The third kappa shape index (κ3) is 2.23. The maximum absolute atomic E-state index is 11.5. The van der Waals surface area contributed by atoms with E-state index >= 15 is 0 Å². The molecule has 0 saturated heterocycles. The van der Waals surface area contributed by atoms with Crippen LogP contribution in [0.2, 0.25) is 0 Å². The van der Waals surface area contributed by atoms with Gasteiger partial charge in [-0.3, -0.25) is 4.79 Å². The Bertz CT molecular complexity index is 656. The Labute approximate surface area is 104 Å². The molecule has 0 fully saturated rings. The number of nitrogens with zero attached hydrogens (tertiary/aromatic N) is 3. The zero-order valence-electron chi connectivity index (χ0n) is 9.83. The molecular weight excluding hydrogens is 230 g/mol. The Balaban J connectivity index is 2.55. The van der Waals surface area contributed by atoms with Gasteiger partial charge in [-0.15, -0.1) is 0 Å². The van der Waals surface area contributed by atoms with Gasteiger partial charge in [0.2, 0.25) is 0 Å². The summed E-state index contributed by atoms with van der Waals surface area (Å²) < 4.78 is 6.36. The van der Waals surface area contributed by atoms with Gasteiger partial charge >= 0.3 is 0 Å². The maximum Gasteiger partial charge on any atom is 0.267 e. The van der Waals surface area contributed by atoms with Crippen molar-refractivity contribution in [2.75, 3.05) is 7.11 Å². The summed E-state index contributed by atoms with van der Waals surface area (Å²) in [7, 11) is 1.57. The average Bonchev–Trinajstić information content (AvgIpc) is 2.41. The molecule has 0 N–H and O–H groups in total. The average molecular weight is 241 g/mol. The van der Waals surface area contributed by atoms with Crippen molar-refractivity contribution in [1.82, 2.24) is 9.78 Å². The lowest BCUT2D eigenvalue weighted by Crippen LogP contribution is -2.21. The van der Waals surface area contributed by atoms with Crippen LogP contribution in [0, 0.1) is 11.3 Å². The highest BCUT2D eigenvalue weighted by atomic mass is 16.5. The van der Waals surface area contributed by atoms with Crippen molar-refractivity contribution in [3.05, 3.63) is 46.8 Å². The van der Waals surface area contributed by atoms with Crippen LogP contribution in [-0.4, -0.2) is 16.9 Å². The molecule has 0 aliphatic carbocycles. The zero-order chi connectivity index (χ0) is 13.0. The minimum Gasteiger partial charge on any atom is -0.496 e. The number of hydrogen-bond acceptors (Lipinski definition) is 4. The number of hydrogen-bond donors (Lipinski definition) is 0. The first-order valence-corrected chi connectivity index (χ1v) is 5.35. The van der Waals surface area contributed by atoms with Gasteiger partial charge in [0.1, 0.15) is 12.3 Å². The number of ether oxygens (including phenoxy) is 1. The van der Waals surface area contributed by atoms with Crippen molar-refractivity contribution in [2.45, 2.75) is 6.54 Å². The van der Waals surface area contributed by atoms with Gasteiger partial charge in [0, 0.05) is 11.6 Å². The summed E-state index contributed by atoms with van der Waals surface area (Å²) in [5.41, 5.74) is 1.09. The smallest absolute Gasteiger partial charge is 0.267 e. The molecule has 0 atom stereocenters. The molecule has 0 saturated carbocycles. The van der Waals surface area contributed by atoms with Crippen molar-refractivity contribution in [1.29, 1.82) is 5.26 Å². The van der Waals surface area contributed by atoms with E-state index < -0.39 is 0 Å². The predicted molar refractivity (Wildman–Crippen MR) is 66.1 cm³/mol. The van der Waals surface area contributed by atoms with E-state index in [2.05, 4.69) is 5.10 Å². The largest absolute Gasteiger partial charge is 0.496 e. The van der Waals surface area contributed by atoms with Gasteiger partial charge in [0.15, 0.2) is 0 Å². The Morgan fingerprint density at radius 3 is 2.83 bits per heavy atom. The maximum atomic E-state index is 11.5. The van der Waals surface area contributed by atoms with Gasteiger partial charge in [-0.1, -0.05) is 12.1 Å². The molecule has 5 heteroatoms. The van der Waals surface area contributed by atoms with Crippen LogP contribution in [0.4, 0.5) is 0 Å². The lowest BCUT2D eigenvalue weighted by atomic mass is 10.1. The molecule has 2 aromatic rings. The normalized spacial score (nSPS) is 9.78. The Hall–Kier alpha value is -2.61. The summed E-state index contributed by atoms with van der Waals surface area (Å²) in [6.07, 6.45) is 0. The van der Waals surface area contributed by atoms with Gasteiger partial charge in [-0.05, 0) is 18.2 Å². The molecule has 1 heterocycles. The van der Waals surface area contributed by atoms with Gasteiger partial charge < -0.3 is 4.74 Å².